The molecule has 0 radical (unpaired) electrons. The molecular weight excluding hydrogens is 467 g/mol. The minimum Gasteiger partial charge on any atom is -0.393 e. The summed E-state index contributed by atoms with van der Waals surface area (Å²) in [6.07, 6.45) is 9.91. The molecule has 192 valence electrons. The second kappa shape index (κ2) is 10.5. The molecule has 2 heterocycles. The third-order valence-corrected chi connectivity index (χ3v) is 7.74. The summed E-state index contributed by atoms with van der Waals surface area (Å²) in [6.45, 7) is 0.584. The van der Waals surface area contributed by atoms with Crippen molar-refractivity contribution in [3.05, 3.63) is 66.2 Å². The fraction of sp³-hybridized carbons (Fsp3) is 0.414. The SMILES string of the molecule is OC1CCC(Nc2nc(NCc3ccc(-c4cccc(F)c4)cc3)c3ncn(C4CCCC4)c3n2)CC1. The zero-order valence-electron chi connectivity index (χ0n) is 20.9. The second-order valence-electron chi connectivity index (χ2n) is 10.4. The summed E-state index contributed by atoms with van der Waals surface area (Å²) >= 11 is 0. The number of anilines is 2. The standard InChI is InChI=1S/C29H33FN6O/c30-22-5-3-4-21(16-22)20-10-8-19(9-11-20)17-31-27-26-28(36(18-32-26)24-6-1-2-7-24)35-29(34-27)33-23-12-14-25(37)15-13-23/h3-5,8-11,16,18,23-25,37H,1-2,6-7,12-15,17H2,(H2,31,33,34,35). The average molecular weight is 501 g/mol. The summed E-state index contributed by atoms with van der Waals surface area (Å²) in [6, 6.07) is 15.5. The number of aliphatic hydroxyl groups is 1. The Bertz CT molecular complexity index is 1360. The van der Waals surface area contributed by atoms with Gasteiger partial charge in [-0.1, -0.05) is 49.2 Å². The van der Waals surface area contributed by atoms with Gasteiger partial charge in [-0.2, -0.15) is 9.97 Å². The molecule has 4 aromatic rings. The minimum atomic E-state index is -0.234. The number of nitrogens with zero attached hydrogens (tertiary/aromatic N) is 4. The fourth-order valence-electron chi connectivity index (χ4n) is 5.63. The maximum atomic E-state index is 13.6. The highest BCUT2D eigenvalue weighted by Gasteiger charge is 2.24. The van der Waals surface area contributed by atoms with Gasteiger partial charge in [-0.3, -0.25) is 0 Å². The van der Waals surface area contributed by atoms with Crippen LogP contribution in [0.5, 0.6) is 0 Å². The molecule has 0 saturated heterocycles. The maximum Gasteiger partial charge on any atom is 0.227 e. The average Bonchev–Trinajstić information content (AvgIpc) is 3.59. The van der Waals surface area contributed by atoms with Gasteiger partial charge in [0.15, 0.2) is 17.0 Å². The van der Waals surface area contributed by atoms with Crippen molar-refractivity contribution in [1.82, 2.24) is 19.5 Å². The summed E-state index contributed by atoms with van der Waals surface area (Å²) in [7, 11) is 0. The van der Waals surface area contributed by atoms with E-state index in [2.05, 4.69) is 27.3 Å². The van der Waals surface area contributed by atoms with E-state index in [0.29, 0.717) is 24.4 Å². The summed E-state index contributed by atoms with van der Waals surface area (Å²) in [4.78, 5) is 14.5. The highest BCUT2D eigenvalue weighted by atomic mass is 19.1. The van der Waals surface area contributed by atoms with Crippen LogP contribution in [0.25, 0.3) is 22.3 Å². The smallest absolute Gasteiger partial charge is 0.227 e. The lowest BCUT2D eigenvalue weighted by atomic mass is 9.93. The molecule has 3 N–H and O–H groups in total. The van der Waals surface area contributed by atoms with Crippen molar-refractivity contribution in [2.24, 2.45) is 0 Å². The number of halogens is 1. The van der Waals surface area contributed by atoms with Gasteiger partial charge in [-0.15, -0.1) is 0 Å². The van der Waals surface area contributed by atoms with Gasteiger partial charge in [-0.05, 0) is 67.3 Å². The first-order valence-electron chi connectivity index (χ1n) is 13.4. The summed E-state index contributed by atoms with van der Waals surface area (Å²) in [5, 5.41) is 16.9. The topological polar surface area (TPSA) is 87.9 Å². The van der Waals surface area contributed by atoms with E-state index in [0.717, 1.165) is 66.4 Å². The number of aromatic nitrogens is 4. The van der Waals surface area contributed by atoms with Gasteiger partial charge in [0.2, 0.25) is 5.95 Å². The van der Waals surface area contributed by atoms with Gasteiger partial charge < -0.3 is 20.3 Å². The highest BCUT2D eigenvalue weighted by Crippen LogP contribution is 2.33. The van der Waals surface area contributed by atoms with Gasteiger partial charge in [0.25, 0.3) is 0 Å². The van der Waals surface area contributed by atoms with Crippen LogP contribution in [0.15, 0.2) is 54.9 Å². The van der Waals surface area contributed by atoms with Gasteiger partial charge in [-0.25, -0.2) is 9.37 Å². The lowest BCUT2D eigenvalue weighted by Gasteiger charge is -2.26. The van der Waals surface area contributed by atoms with Crippen LogP contribution < -0.4 is 10.6 Å². The van der Waals surface area contributed by atoms with E-state index in [4.69, 9.17) is 15.0 Å². The summed E-state index contributed by atoms with van der Waals surface area (Å²) in [5.74, 6) is 1.09. The first-order valence-corrected chi connectivity index (χ1v) is 13.4. The van der Waals surface area contributed by atoms with Gasteiger partial charge in [0, 0.05) is 18.6 Å². The van der Waals surface area contributed by atoms with Crippen LogP contribution in [0, 0.1) is 5.82 Å². The van der Waals surface area contributed by atoms with Crippen molar-refractivity contribution in [3.8, 4) is 11.1 Å². The van der Waals surface area contributed by atoms with E-state index < -0.39 is 0 Å². The highest BCUT2D eigenvalue weighted by molar-refractivity contribution is 5.84. The Kier molecular flexibility index (Phi) is 6.74. The Hall–Kier alpha value is -3.52. The molecule has 2 aromatic heterocycles. The van der Waals surface area contributed by atoms with E-state index in [1.807, 2.05) is 24.5 Å². The third kappa shape index (κ3) is 5.30. The zero-order chi connectivity index (χ0) is 25.2. The van der Waals surface area contributed by atoms with Crippen molar-refractivity contribution in [3.63, 3.8) is 0 Å². The molecule has 7 nitrogen and oxygen atoms in total. The molecule has 2 aliphatic carbocycles. The molecule has 0 aliphatic heterocycles. The van der Waals surface area contributed by atoms with Crippen LogP contribution in [-0.4, -0.2) is 36.8 Å². The van der Waals surface area contributed by atoms with E-state index in [9.17, 15) is 9.50 Å². The summed E-state index contributed by atoms with van der Waals surface area (Å²) in [5.41, 5.74) is 4.59. The molecule has 37 heavy (non-hydrogen) atoms. The molecule has 0 unspecified atom stereocenters. The van der Waals surface area contributed by atoms with Crippen LogP contribution >= 0.6 is 0 Å². The van der Waals surface area contributed by atoms with Crippen LogP contribution in [0.2, 0.25) is 0 Å². The van der Waals surface area contributed by atoms with Crippen LogP contribution in [0.3, 0.4) is 0 Å². The Labute approximate surface area is 216 Å². The second-order valence-corrected chi connectivity index (χ2v) is 10.4. The molecule has 2 saturated carbocycles. The zero-order valence-corrected chi connectivity index (χ0v) is 20.9. The maximum absolute atomic E-state index is 13.6. The van der Waals surface area contributed by atoms with Crippen LogP contribution in [0.1, 0.15) is 63.0 Å². The monoisotopic (exact) mass is 500 g/mol. The number of rotatable bonds is 7. The first kappa shape index (κ1) is 23.9. The van der Waals surface area contributed by atoms with Crippen molar-refractivity contribution >= 4 is 22.9 Å². The van der Waals surface area contributed by atoms with E-state index in [1.54, 1.807) is 12.1 Å². The number of nitrogens with one attached hydrogen (secondary N) is 2. The molecule has 0 bridgehead atoms. The number of benzene rings is 2. The molecule has 6 rings (SSSR count). The molecule has 8 heteroatoms. The number of fused-ring (bicyclic) bond motifs is 1. The van der Waals surface area contributed by atoms with Gasteiger partial charge in [0.05, 0.1) is 12.4 Å². The van der Waals surface area contributed by atoms with Gasteiger partial charge >= 0.3 is 0 Å². The fourth-order valence-corrected chi connectivity index (χ4v) is 5.63. The number of imidazole rings is 1. The quantitative estimate of drug-likeness (QED) is 0.285. The minimum absolute atomic E-state index is 0.199. The predicted octanol–water partition coefficient (Wildman–Crippen LogP) is 6.08. The molecule has 2 fully saturated rings. The molecule has 0 atom stereocenters. The van der Waals surface area contributed by atoms with Crippen LogP contribution in [-0.2, 0) is 6.54 Å². The normalized spacial score (nSPS) is 20.4. The van der Waals surface area contributed by atoms with Gasteiger partial charge in [0.1, 0.15) is 5.82 Å². The number of aliphatic hydroxyl groups excluding tert-OH is 1. The third-order valence-electron chi connectivity index (χ3n) is 7.74. The molecule has 0 amide bonds. The first-order chi connectivity index (χ1) is 18.1. The summed E-state index contributed by atoms with van der Waals surface area (Å²) < 4.78 is 15.8. The van der Waals surface area contributed by atoms with Crippen molar-refractivity contribution < 1.29 is 9.50 Å². The van der Waals surface area contributed by atoms with Crippen molar-refractivity contribution in [1.29, 1.82) is 0 Å². The Morgan fingerprint density at radius 1 is 0.919 bits per heavy atom. The lowest BCUT2D eigenvalue weighted by molar-refractivity contribution is 0.126. The Morgan fingerprint density at radius 3 is 2.46 bits per heavy atom. The molecule has 2 aliphatic rings. The van der Waals surface area contributed by atoms with Crippen molar-refractivity contribution in [2.75, 3.05) is 10.6 Å². The van der Waals surface area contributed by atoms with E-state index >= 15 is 0 Å². The Morgan fingerprint density at radius 2 is 1.70 bits per heavy atom. The Balaban J connectivity index is 1.24. The molecular formula is C29H33FN6O. The van der Waals surface area contributed by atoms with E-state index in [-0.39, 0.29) is 18.0 Å². The number of hydrogen-bond acceptors (Lipinski definition) is 6. The molecule has 0 spiro atoms. The van der Waals surface area contributed by atoms with E-state index in [1.165, 1.54) is 18.9 Å². The predicted molar refractivity (Wildman–Crippen MR) is 144 cm³/mol. The van der Waals surface area contributed by atoms with Crippen molar-refractivity contribution in [2.45, 2.75) is 76.1 Å². The lowest BCUT2D eigenvalue weighted by Crippen LogP contribution is -2.29. The molecule has 2 aromatic carbocycles. The van der Waals surface area contributed by atoms with Crippen LogP contribution in [0.4, 0.5) is 16.2 Å². The largest absolute Gasteiger partial charge is 0.393 e. The number of hydrogen-bond donors (Lipinski definition) is 3.